The van der Waals surface area contributed by atoms with E-state index >= 15 is 0 Å². The molecular weight excluding hydrogens is 298 g/mol. The van der Waals surface area contributed by atoms with Crippen LogP contribution < -0.4 is 10.1 Å². The molecule has 6 heteroatoms. The average molecular weight is 313 g/mol. The molecule has 3 rings (SSSR count). The lowest BCUT2D eigenvalue weighted by Crippen LogP contribution is -2.18. The van der Waals surface area contributed by atoms with E-state index in [9.17, 15) is 4.79 Å². The molecule has 22 heavy (non-hydrogen) atoms. The maximum atomic E-state index is 12.3. The van der Waals surface area contributed by atoms with Crippen molar-refractivity contribution in [2.45, 2.75) is 12.8 Å². The van der Waals surface area contributed by atoms with Crippen molar-refractivity contribution in [3.05, 3.63) is 47.5 Å². The van der Waals surface area contributed by atoms with E-state index in [1.807, 2.05) is 43.3 Å². The van der Waals surface area contributed by atoms with Gasteiger partial charge in [-0.05, 0) is 35.4 Å². The number of hydrogen-bond acceptors (Lipinski definition) is 5. The maximum Gasteiger partial charge on any atom is 0.233 e. The van der Waals surface area contributed by atoms with Gasteiger partial charge in [0.05, 0.1) is 13.0 Å². The summed E-state index contributed by atoms with van der Waals surface area (Å²) in [4.78, 5) is 12.3. The Kier molecular flexibility index (Phi) is 4.02. The molecule has 0 aliphatic carbocycles. The zero-order valence-corrected chi connectivity index (χ0v) is 13.1. The van der Waals surface area contributed by atoms with Crippen LogP contribution in [0, 0.1) is 0 Å². The van der Waals surface area contributed by atoms with E-state index in [0.29, 0.717) is 5.13 Å². The van der Waals surface area contributed by atoms with Crippen molar-refractivity contribution < 1.29 is 9.53 Å². The number of carbonyl (C=O) groups is 1. The van der Waals surface area contributed by atoms with Crippen molar-refractivity contribution in [3.8, 4) is 5.75 Å². The second kappa shape index (κ2) is 6.11. The predicted octanol–water partition coefficient (Wildman–Crippen LogP) is 3.44. The van der Waals surface area contributed by atoms with Crippen molar-refractivity contribution in [2.24, 2.45) is 0 Å². The minimum Gasteiger partial charge on any atom is -0.497 e. The largest absolute Gasteiger partial charge is 0.497 e. The fourth-order valence-electron chi connectivity index (χ4n) is 2.23. The van der Waals surface area contributed by atoms with Gasteiger partial charge in [-0.2, -0.15) is 0 Å². The van der Waals surface area contributed by atoms with Gasteiger partial charge in [-0.25, -0.2) is 0 Å². The summed E-state index contributed by atoms with van der Waals surface area (Å²) in [7, 11) is 1.65. The summed E-state index contributed by atoms with van der Waals surface area (Å²) in [6, 6.07) is 11.9. The molecule has 0 aliphatic heterocycles. The number of nitrogens with zero attached hydrogens (tertiary/aromatic N) is 2. The number of anilines is 1. The second-order valence-corrected chi connectivity index (χ2v) is 5.76. The third kappa shape index (κ3) is 2.92. The SMILES string of the molecule is COc1ccc2cc(C(C)C(=O)Nc3nncs3)ccc2c1. The fourth-order valence-corrected chi connectivity index (χ4v) is 2.68. The number of ether oxygens (including phenoxy) is 1. The minimum atomic E-state index is -0.268. The molecule has 0 spiro atoms. The van der Waals surface area contributed by atoms with Gasteiger partial charge in [-0.1, -0.05) is 35.6 Å². The lowest BCUT2D eigenvalue weighted by molar-refractivity contribution is -0.117. The van der Waals surface area contributed by atoms with E-state index in [1.54, 1.807) is 12.6 Å². The number of carbonyl (C=O) groups excluding carboxylic acids is 1. The van der Waals surface area contributed by atoms with Crippen LogP contribution in [0.5, 0.6) is 5.75 Å². The number of nitrogens with one attached hydrogen (secondary N) is 1. The molecule has 1 N–H and O–H groups in total. The number of hydrogen-bond donors (Lipinski definition) is 1. The zero-order valence-electron chi connectivity index (χ0n) is 12.2. The first-order valence-electron chi connectivity index (χ1n) is 6.82. The van der Waals surface area contributed by atoms with E-state index < -0.39 is 0 Å². The number of benzene rings is 2. The van der Waals surface area contributed by atoms with Crippen molar-refractivity contribution in [3.63, 3.8) is 0 Å². The van der Waals surface area contributed by atoms with Gasteiger partial charge in [-0.3, -0.25) is 4.79 Å². The monoisotopic (exact) mass is 313 g/mol. The number of aromatic nitrogens is 2. The molecule has 1 amide bonds. The lowest BCUT2D eigenvalue weighted by atomic mass is 9.97. The first kappa shape index (κ1) is 14.5. The molecule has 1 aromatic heterocycles. The van der Waals surface area contributed by atoms with Crippen molar-refractivity contribution >= 4 is 33.1 Å². The minimum absolute atomic E-state index is 0.0930. The van der Waals surface area contributed by atoms with Crippen molar-refractivity contribution in [1.82, 2.24) is 10.2 Å². The van der Waals surface area contributed by atoms with Crippen LogP contribution in [-0.2, 0) is 4.79 Å². The summed E-state index contributed by atoms with van der Waals surface area (Å²) in [6.45, 7) is 1.88. The van der Waals surface area contributed by atoms with Crippen LogP contribution in [0.4, 0.5) is 5.13 Å². The third-order valence-corrected chi connectivity index (χ3v) is 4.16. The van der Waals surface area contributed by atoms with Gasteiger partial charge >= 0.3 is 0 Å². The zero-order chi connectivity index (χ0) is 15.5. The fraction of sp³-hybridized carbons (Fsp3) is 0.188. The Bertz CT molecular complexity index is 802. The van der Waals surface area contributed by atoms with Crippen molar-refractivity contribution in [2.75, 3.05) is 12.4 Å². The van der Waals surface area contributed by atoms with Gasteiger partial charge in [0.15, 0.2) is 0 Å². The van der Waals surface area contributed by atoms with E-state index in [4.69, 9.17) is 4.74 Å². The standard InChI is InChI=1S/C16H15N3O2S/c1-10(15(20)18-16-19-17-9-22-16)11-3-4-13-8-14(21-2)6-5-12(13)7-11/h3-10H,1-2H3,(H,18,19,20). The highest BCUT2D eigenvalue weighted by molar-refractivity contribution is 7.13. The number of methoxy groups -OCH3 is 1. The quantitative estimate of drug-likeness (QED) is 0.801. The summed E-state index contributed by atoms with van der Waals surface area (Å²) in [5, 5.41) is 13.0. The molecule has 2 aromatic carbocycles. The van der Waals surface area contributed by atoms with Gasteiger partial charge in [0.25, 0.3) is 0 Å². The molecule has 0 radical (unpaired) electrons. The number of fused-ring (bicyclic) bond motifs is 1. The van der Waals surface area contributed by atoms with Crippen LogP contribution in [0.15, 0.2) is 41.9 Å². The smallest absolute Gasteiger partial charge is 0.233 e. The molecule has 0 saturated carbocycles. The van der Waals surface area contributed by atoms with Gasteiger partial charge in [0.1, 0.15) is 11.3 Å². The van der Waals surface area contributed by atoms with Gasteiger partial charge < -0.3 is 10.1 Å². The summed E-state index contributed by atoms with van der Waals surface area (Å²) < 4.78 is 5.22. The predicted molar refractivity (Wildman–Crippen MR) is 87.5 cm³/mol. The Morgan fingerprint density at radius 3 is 2.73 bits per heavy atom. The van der Waals surface area contributed by atoms with Crippen LogP contribution in [0.25, 0.3) is 10.8 Å². The third-order valence-electron chi connectivity index (χ3n) is 3.55. The van der Waals surface area contributed by atoms with Crippen LogP contribution >= 0.6 is 11.3 Å². The molecule has 0 saturated heterocycles. The van der Waals surface area contributed by atoms with Crippen LogP contribution in [0.2, 0.25) is 0 Å². The van der Waals surface area contributed by atoms with Crippen LogP contribution in [-0.4, -0.2) is 23.2 Å². The van der Waals surface area contributed by atoms with E-state index in [-0.39, 0.29) is 11.8 Å². The van der Waals surface area contributed by atoms with Gasteiger partial charge in [0, 0.05) is 0 Å². The first-order valence-corrected chi connectivity index (χ1v) is 7.70. The summed E-state index contributed by atoms with van der Waals surface area (Å²) in [5.41, 5.74) is 2.55. The molecule has 0 aliphatic rings. The first-order chi connectivity index (χ1) is 10.7. The highest BCUT2D eigenvalue weighted by Gasteiger charge is 2.16. The average Bonchev–Trinajstić information content (AvgIpc) is 3.06. The molecule has 3 aromatic rings. The Morgan fingerprint density at radius 2 is 2.00 bits per heavy atom. The van der Waals surface area contributed by atoms with Gasteiger partial charge in [0.2, 0.25) is 11.0 Å². The van der Waals surface area contributed by atoms with E-state index in [0.717, 1.165) is 22.1 Å². The number of amides is 1. The summed E-state index contributed by atoms with van der Waals surface area (Å²) >= 11 is 1.30. The maximum absolute atomic E-state index is 12.3. The van der Waals surface area contributed by atoms with Crippen LogP contribution in [0.3, 0.4) is 0 Å². The molecule has 112 valence electrons. The Balaban J connectivity index is 1.84. The lowest BCUT2D eigenvalue weighted by Gasteiger charge is -2.12. The molecule has 1 atom stereocenters. The molecule has 0 fully saturated rings. The Morgan fingerprint density at radius 1 is 1.23 bits per heavy atom. The topological polar surface area (TPSA) is 64.1 Å². The van der Waals surface area contributed by atoms with Crippen molar-refractivity contribution in [1.29, 1.82) is 0 Å². The summed E-state index contributed by atoms with van der Waals surface area (Å²) in [5.74, 6) is 0.460. The van der Waals surface area contributed by atoms with Gasteiger partial charge in [-0.15, -0.1) is 10.2 Å². The van der Waals surface area contributed by atoms with Crippen LogP contribution in [0.1, 0.15) is 18.4 Å². The molecule has 5 nitrogen and oxygen atoms in total. The molecular formula is C16H15N3O2S. The van der Waals surface area contributed by atoms with E-state index in [1.165, 1.54) is 11.3 Å². The Hall–Kier alpha value is -2.47. The number of rotatable bonds is 4. The Labute approximate surface area is 132 Å². The summed E-state index contributed by atoms with van der Waals surface area (Å²) in [6.07, 6.45) is 0. The highest BCUT2D eigenvalue weighted by atomic mass is 32.1. The normalized spacial score (nSPS) is 12.1. The highest BCUT2D eigenvalue weighted by Crippen LogP contribution is 2.26. The molecule has 1 heterocycles. The second-order valence-electron chi connectivity index (χ2n) is 4.93. The molecule has 1 unspecified atom stereocenters. The van der Waals surface area contributed by atoms with E-state index in [2.05, 4.69) is 15.5 Å². The molecule has 0 bridgehead atoms.